The molecular formula is C14H19N3O4. The summed E-state index contributed by atoms with van der Waals surface area (Å²) in [4.78, 5) is 36.5. The van der Waals surface area contributed by atoms with Crippen LogP contribution in [0.3, 0.4) is 0 Å². The average molecular weight is 293 g/mol. The molecule has 0 aliphatic carbocycles. The highest BCUT2D eigenvalue weighted by Gasteiger charge is 2.19. The molecule has 1 aliphatic heterocycles. The molecule has 1 aliphatic rings. The van der Waals surface area contributed by atoms with Gasteiger partial charge in [-0.2, -0.15) is 0 Å². The lowest BCUT2D eigenvalue weighted by Gasteiger charge is -2.18. The number of amides is 3. The Labute approximate surface area is 122 Å². The van der Waals surface area contributed by atoms with Gasteiger partial charge >= 0.3 is 0 Å². The van der Waals surface area contributed by atoms with E-state index in [0.717, 1.165) is 6.42 Å². The van der Waals surface area contributed by atoms with Gasteiger partial charge in [0.2, 0.25) is 11.8 Å². The molecule has 21 heavy (non-hydrogen) atoms. The Balaban J connectivity index is 1.67. The molecule has 0 radical (unpaired) electrons. The first-order valence-corrected chi connectivity index (χ1v) is 7.03. The maximum atomic E-state index is 12.0. The van der Waals surface area contributed by atoms with E-state index in [1.165, 1.54) is 6.26 Å². The molecule has 2 rings (SSSR count). The van der Waals surface area contributed by atoms with Crippen LogP contribution in [0.4, 0.5) is 0 Å². The molecule has 2 heterocycles. The Kier molecular flexibility index (Phi) is 5.36. The van der Waals surface area contributed by atoms with Crippen molar-refractivity contribution < 1.29 is 18.8 Å². The van der Waals surface area contributed by atoms with E-state index < -0.39 is 0 Å². The van der Waals surface area contributed by atoms with E-state index in [1.807, 2.05) is 0 Å². The molecule has 2 N–H and O–H groups in total. The second kappa shape index (κ2) is 7.47. The van der Waals surface area contributed by atoms with E-state index >= 15 is 0 Å². The van der Waals surface area contributed by atoms with Gasteiger partial charge in [-0.25, -0.2) is 0 Å². The summed E-state index contributed by atoms with van der Waals surface area (Å²) in [6.07, 6.45) is 3.05. The largest absolute Gasteiger partial charge is 0.459 e. The summed E-state index contributed by atoms with van der Waals surface area (Å²) in [5.74, 6) is -0.210. The van der Waals surface area contributed by atoms with Crippen molar-refractivity contribution in [1.82, 2.24) is 15.5 Å². The Morgan fingerprint density at radius 2 is 2.29 bits per heavy atom. The molecule has 0 spiro atoms. The maximum absolute atomic E-state index is 12.0. The molecule has 1 aromatic heterocycles. The number of carbonyl (C=O) groups is 3. The second-order valence-corrected chi connectivity index (χ2v) is 4.86. The Bertz CT molecular complexity index is 498. The zero-order chi connectivity index (χ0) is 15.1. The molecule has 0 saturated carbocycles. The summed E-state index contributed by atoms with van der Waals surface area (Å²) in [5.41, 5.74) is 0. The predicted octanol–water partition coefficient (Wildman–Crippen LogP) is 0.138. The van der Waals surface area contributed by atoms with Crippen molar-refractivity contribution in [1.29, 1.82) is 0 Å². The van der Waals surface area contributed by atoms with Crippen molar-refractivity contribution in [2.75, 3.05) is 26.2 Å². The summed E-state index contributed by atoms with van der Waals surface area (Å²) in [5, 5.41) is 5.41. The van der Waals surface area contributed by atoms with Crippen LogP contribution in [0, 0.1) is 0 Å². The lowest BCUT2D eigenvalue weighted by molar-refractivity contribution is -0.135. The predicted molar refractivity (Wildman–Crippen MR) is 74.5 cm³/mol. The standard InChI is InChI=1S/C14H19N3O4/c18-12-10-17(8-3-7-15-12)13(19)5-1-6-16-14(20)11-4-2-9-21-11/h2,4,9H,1,3,5-8,10H2,(H,15,18)(H,16,20). The highest BCUT2D eigenvalue weighted by Crippen LogP contribution is 2.03. The van der Waals surface area contributed by atoms with E-state index in [0.29, 0.717) is 32.5 Å². The summed E-state index contributed by atoms with van der Waals surface area (Å²) in [6, 6.07) is 3.22. The van der Waals surface area contributed by atoms with E-state index in [4.69, 9.17) is 4.42 Å². The first kappa shape index (κ1) is 15.1. The maximum Gasteiger partial charge on any atom is 0.286 e. The van der Waals surface area contributed by atoms with Crippen molar-refractivity contribution in [3.05, 3.63) is 24.2 Å². The Morgan fingerprint density at radius 3 is 3.05 bits per heavy atom. The van der Waals surface area contributed by atoms with Crippen molar-refractivity contribution in [3.63, 3.8) is 0 Å². The number of furan rings is 1. The molecule has 1 fully saturated rings. The monoisotopic (exact) mass is 293 g/mol. The number of hydrogen-bond acceptors (Lipinski definition) is 4. The third-order valence-electron chi connectivity index (χ3n) is 3.21. The van der Waals surface area contributed by atoms with E-state index in [-0.39, 0.29) is 30.0 Å². The highest BCUT2D eigenvalue weighted by atomic mass is 16.3. The van der Waals surface area contributed by atoms with Crippen LogP contribution in [-0.2, 0) is 9.59 Å². The number of carbonyl (C=O) groups excluding carboxylic acids is 3. The minimum absolute atomic E-state index is 0.0562. The molecule has 0 atom stereocenters. The number of nitrogens with one attached hydrogen (secondary N) is 2. The lowest BCUT2D eigenvalue weighted by Crippen LogP contribution is -2.37. The zero-order valence-electron chi connectivity index (χ0n) is 11.8. The Morgan fingerprint density at radius 1 is 1.43 bits per heavy atom. The van der Waals surface area contributed by atoms with Gasteiger partial charge in [-0.15, -0.1) is 0 Å². The third-order valence-corrected chi connectivity index (χ3v) is 3.21. The summed E-state index contributed by atoms with van der Waals surface area (Å²) in [6.45, 7) is 1.72. The molecule has 3 amide bonds. The first-order valence-electron chi connectivity index (χ1n) is 7.03. The van der Waals surface area contributed by atoms with Crippen LogP contribution in [0.15, 0.2) is 22.8 Å². The molecule has 0 aromatic carbocycles. The van der Waals surface area contributed by atoms with Crippen LogP contribution >= 0.6 is 0 Å². The van der Waals surface area contributed by atoms with E-state index in [1.54, 1.807) is 17.0 Å². The molecule has 7 heteroatoms. The quantitative estimate of drug-likeness (QED) is 0.755. The molecule has 1 aromatic rings. The minimum Gasteiger partial charge on any atom is -0.459 e. The van der Waals surface area contributed by atoms with Gasteiger partial charge < -0.3 is 20.0 Å². The van der Waals surface area contributed by atoms with E-state index in [9.17, 15) is 14.4 Å². The van der Waals surface area contributed by atoms with Crippen molar-refractivity contribution >= 4 is 17.7 Å². The normalized spacial score (nSPS) is 15.2. The SMILES string of the molecule is O=C1CN(C(=O)CCCNC(=O)c2ccco2)CCCN1. The van der Waals surface area contributed by atoms with E-state index in [2.05, 4.69) is 10.6 Å². The lowest BCUT2D eigenvalue weighted by atomic mass is 10.2. The number of hydrogen-bond donors (Lipinski definition) is 2. The summed E-state index contributed by atoms with van der Waals surface area (Å²) >= 11 is 0. The second-order valence-electron chi connectivity index (χ2n) is 4.86. The fraction of sp³-hybridized carbons (Fsp3) is 0.500. The zero-order valence-corrected chi connectivity index (χ0v) is 11.8. The topological polar surface area (TPSA) is 91.7 Å². The molecule has 1 saturated heterocycles. The average Bonchev–Trinajstić information content (AvgIpc) is 2.92. The molecule has 0 bridgehead atoms. The van der Waals surface area contributed by atoms with Crippen LogP contribution in [0.5, 0.6) is 0 Å². The third kappa shape index (κ3) is 4.62. The highest BCUT2D eigenvalue weighted by molar-refractivity contribution is 5.91. The van der Waals surface area contributed by atoms with Gasteiger partial charge in [-0.05, 0) is 25.0 Å². The number of rotatable bonds is 5. The van der Waals surface area contributed by atoms with Gasteiger partial charge in [0.25, 0.3) is 5.91 Å². The summed E-state index contributed by atoms with van der Waals surface area (Å²) in [7, 11) is 0. The minimum atomic E-state index is -0.290. The fourth-order valence-electron chi connectivity index (χ4n) is 2.11. The van der Waals surface area contributed by atoms with Crippen LogP contribution < -0.4 is 10.6 Å². The smallest absolute Gasteiger partial charge is 0.286 e. The number of nitrogens with zero attached hydrogens (tertiary/aromatic N) is 1. The van der Waals surface area contributed by atoms with Crippen LogP contribution in [0.2, 0.25) is 0 Å². The van der Waals surface area contributed by atoms with Crippen LogP contribution in [0.25, 0.3) is 0 Å². The molecule has 7 nitrogen and oxygen atoms in total. The van der Waals surface area contributed by atoms with Gasteiger partial charge in [0.05, 0.1) is 12.8 Å². The van der Waals surface area contributed by atoms with Crippen molar-refractivity contribution in [2.24, 2.45) is 0 Å². The van der Waals surface area contributed by atoms with Gasteiger partial charge in [0, 0.05) is 26.1 Å². The van der Waals surface area contributed by atoms with Gasteiger partial charge in [0.1, 0.15) is 0 Å². The van der Waals surface area contributed by atoms with Crippen molar-refractivity contribution in [2.45, 2.75) is 19.3 Å². The first-order chi connectivity index (χ1) is 10.2. The van der Waals surface area contributed by atoms with Crippen LogP contribution in [0.1, 0.15) is 29.8 Å². The van der Waals surface area contributed by atoms with Gasteiger partial charge in [-0.3, -0.25) is 14.4 Å². The van der Waals surface area contributed by atoms with Gasteiger partial charge in [0.15, 0.2) is 5.76 Å². The van der Waals surface area contributed by atoms with Crippen LogP contribution in [-0.4, -0.2) is 48.8 Å². The Hall–Kier alpha value is -2.31. The van der Waals surface area contributed by atoms with Gasteiger partial charge in [-0.1, -0.05) is 0 Å². The van der Waals surface area contributed by atoms with Crippen molar-refractivity contribution in [3.8, 4) is 0 Å². The molecule has 114 valence electrons. The molecular weight excluding hydrogens is 274 g/mol. The molecule has 0 unspecified atom stereocenters. The fourth-order valence-corrected chi connectivity index (χ4v) is 2.11. The summed E-state index contributed by atoms with van der Waals surface area (Å²) < 4.78 is 4.96.